The molecule has 0 aromatic carbocycles. The van der Waals surface area contributed by atoms with Crippen LogP contribution in [0.1, 0.15) is 36.7 Å². The number of guanidine groups is 1. The molecule has 2 heterocycles. The standard InChI is InChI=1S/C17H30N6O/c1-5-18-17(20-12-16(24)23-10-6-7-11-23)19-9-8-15-13(2)21-22(4)14(15)3/h5-12H2,1-4H3,(H2,18,19,20). The number of amides is 1. The lowest BCUT2D eigenvalue weighted by molar-refractivity contribution is -0.128. The van der Waals surface area contributed by atoms with E-state index < -0.39 is 0 Å². The first kappa shape index (κ1) is 18.3. The van der Waals surface area contributed by atoms with E-state index in [1.54, 1.807) is 0 Å². The molecule has 1 aromatic rings. The van der Waals surface area contributed by atoms with Gasteiger partial charge in [-0.1, -0.05) is 0 Å². The number of aliphatic imine (C=N–C) groups is 1. The molecule has 2 rings (SSSR count). The fourth-order valence-electron chi connectivity index (χ4n) is 3.04. The number of aryl methyl sites for hydroxylation is 2. The van der Waals surface area contributed by atoms with Crippen LogP contribution in [0.15, 0.2) is 4.99 Å². The summed E-state index contributed by atoms with van der Waals surface area (Å²) in [5.41, 5.74) is 3.54. The topological polar surface area (TPSA) is 74.6 Å². The molecule has 0 unspecified atom stereocenters. The van der Waals surface area contributed by atoms with Gasteiger partial charge in [-0.15, -0.1) is 0 Å². The zero-order chi connectivity index (χ0) is 17.5. The van der Waals surface area contributed by atoms with Crippen molar-refractivity contribution in [2.24, 2.45) is 12.0 Å². The van der Waals surface area contributed by atoms with Gasteiger partial charge in [0.15, 0.2) is 5.96 Å². The van der Waals surface area contributed by atoms with Gasteiger partial charge in [-0.05, 0) is 45.6 Å². The number of nitrogens with one attached hydrogen (secondary N) is 2. The Bertz CT molecular complexity index is 586. The molecule has 0 radical (unpaired) electrons. The molecule has 0 atom stereocenters. The molecule has 1 aromatic heterocycles. The van der Waals surface area contributed by atoms with E-state index >= 15 is 0 Å². The molecule has 0 saturated carbocycles. The van der Waals surface area contributed by atoms with E-state index in [0.717, 1.165) is 51.1 Å². The third kappa shape index (κ3) is 4.72. The second-order valence-corrected chi connectivity index (χ2v) is 6.23. The van der Waals surface area contributed by atoms with Crippen LogP contribution in [0.4, 0.5) is 0 Å². The Balaban J connectivity index is 1.86. The Kier molecular flexibility index (Phi) is 6.63. The Labute approximate surface area is 144 Å². The predicted octanol–water partition coefficient (Wildman–Crippen LogP) is 0.757. The molecule has 1 amide bonds. The monoisotopic (exact) mass is 334 g/mol. The molecule has 1 aliphatic rings. The van der Waals surface area contributed by atoms with Crippen LogP contribution in [0, 0.1) is 13.8 Å². The summed E-state index contributed by atoms with van der Waals surface area (Å²) in [5, 5.41) is 10.9. The van der Waals surface area contributed by atoms with E-state index in [4.69, 9.17) is 0 Å². The van der Waals surface area contributed by atoms with Crippen LogP contribution in [-0.2, 0) is 18.3 Å². The van der Waals surface area contributed by atoms with E-state index in [1.165, 1.54) is 11.3 Å². The summed E-state index contributed by atoms with van der Waals surface area (Å²) in [4.78, 5) is 18.4. The van der Waals surface area contributed by atoms with Gasteiger partial charge in [0.2, 0.25) is 5.91 Å². The number of hydrogen-bond donors (Lipinski definition) is 2. The van der Waals surface area contributed by atoms with Crippen molar-refractivity contribution in [3.8, 4) is 0 Å². The first-order valence-electron chi connectivity index (χ1n) is 8.82. The highest BCUT2D eigenvalue weighted by atomic mass is 16.2. The molecule has 7 nitrogen and oxygen atoms in total. The van der Waals surface area contributed by atoms with Crippen LogP contribution in [0.5, 0.6) is 0 Å². The molecular weight excluding hydrogens is 304 g/mol. The van der Waals surface area contributed by atoms with Crippen molar-refractivity contribution in [2.75, 3.05) is 32.7 Å². The van der Waals surface area contributed by atoms with Crippen LogP contribution in [0.2, 0.25) is 0 Å². The van der Waals surface area contributed by atoms with Gasteiger partial charge >= 0.3 is 0 Å². The highest BCUT2D eigenvalue weighted by Gasteiger charge is 2.17. The summed E-state index contributed by atoms with van der Waals surface area (Å²) in [5.74, 6) is 0.813. The van der Waals surface area contributed by atoms with Gasteiger partial charge < -0.3 is 15.5 Å². The van der Waals surface area contributed by atoms with E-state index in [1.807, 2.05) is 30.5 Å². The zero-order valence-corrected chi connectivity index (χ0v) is 15.4. The molecule has 24 heavy (non-hydrogen) atoms. The van der Waals surface area contributed by atoms with Gasteiger partial charge in [0.05, 0.1) is 5.69 Å². The van der Waals surface area contributed by atoms with Gasteiger partial charge in [0.25, 0.3) is 0 Å². The first-order chi connectivity index (χ1) is 11.5. The first-order valence-corrected chi connectivity index (χ1v) is 8.82. The largest absolute Gasteiger partial charge is 0.357 e. The van der Waals surface area contributed by atoms with Crippen molar-refractivity contribution in [2.45, 2.75) is 40.0 Å². The summed E-state index contributed by atoms with van der Waals surface area (Å²) in [7, 11) is 1.97. The predicted molar refractivity (Wildman–Crippen MR) is 96.2 cm³/mol. The minimum Gasteiger partial charge on any atom is -0.357 e. The van der Waals surface area contributed by atoms with E-state index in [9.17, 15) is 4.79 Å². The average Bonchev–Trinajstić information content (AvgIpc) is 3.16. The number of hydrogen-bond acceptors (Lipinski definition) is 3. The number of nitrogens with zero attached hydrogens (tertiary/aromatic N) is 4. The maximum Gasteiger partial charge on any atom is 0.244 e. The highest BCUT2D eigenvalue weighted by Crippen LogP contribution is 2.11. The second kappa shape index (κ2) is 8.70. The molecular formula is C17H30N6O. The van der Waals surface area contributed by atoms with Gasteiger partial charge in [0, 0.05) is 38.9 Å². The fraction of sp³-hybridized carbons (Fsp3) is 0.706. The number of aromatic nitrogens is 2. The quantitative estimate of drug-likeness (QED) is 0.595. The molecule has 0 spiro atoms. The van der Waals surface area contributed by atoms with Crippen molar-refractivity contribution in [1.82, 2.24) is 25.3 Å². The average molecular weight is 334 g/mol. The van der Waals surface area contributed by atoms with E-state index in [0.29, 0.717) is 5.96 Å². The van der Waals surface area contributed by atoms with Crippen molar-refractivity contribution in [3.63, 3.8) is 0 Å². The number of carbonyl (C=O) groups is 1. The Morgan fingerprint density at radius 3 is 2.54 bits per heavy atom. The summed E-state index contributed by atoms with van der Waals surface area (Å²) in [6.07, 6.45) is 3.10. The van der Waals surface area contributed by atoms with Crippen molar-refractivity contribution in [1.29, 1.82) is 0 Å². The lowest BCUT2D eigenvalue weighted by atomic mass is 10.1. The minimum atomic E-state index is 0.114. The van der Waals surface area contributed by atoms with Crippen LogP contribution >= 0.6 is 0 Å². The maximum atomic E-state index is 12.1. The molecule has 1 fully saturated rings. The van der Waals surface area contributed by atoms with Gasteiger partial charge in [-0.3, -0.25) is 9.48 Å². The normalized spacial score (nSPS) is 15.0. The Morgan fingerprint density at radius 1 is 1.25 bits per heavy atom. The molecule has 134 valence electrons. The van der Waals surface area contributed by atoms with Crippen molar-refractivity contribution in [3.05, 3.63) is 17.0 Å². The molecule has 1 aliphatic heterocycles. The van der Waals surface area contributed by atoms with Crippen LogP contribution in [0.25, 0.3) is 0 Å². The zero-order valence-electron chi connectivity index (χ0n) is 15.4. The highest BCUT2D eigenvalue weighted by molar-refractivity contribution is 5.85. The van der Waals surface area contributed by atoms with Crippen molar-refractivity contribution < 1.29 is 4.79 Å². The molecule has 2 N–H and O–H groups in total. The third-order valence-corrected chi connectivity index (χ3v) is 4.50. The van der Waals surface area contributed by atoms with E-state index in [2.05, 4.69) is 27.6 Å². The lowest BCUT2D eigenvalue weighted by Crippen LogP contribution is -2.39. The van der Waals surface area contributed by atoms with Crippen molar-refractivity contribution >= 4 is 11.9 Å². The van der Waals surface area contributed by atoms with Gasteiger partial charge in [-0.2, -0.15) is 5.10 Å². The Morgan fingerprint density at radius 2 is 1.96 bits per heavy atom. The summed E-state index contributed by atoms with van der Waals surface area (Å²) in [6.45, 7) is 9.64. The SMILES string of the molecule is CCNC(=NCC(=O)N1CCCC1)NCCc1c(C)nn(C)c1C. The third-order valence-electron chi connectivity index (χ3n) is 4.50. The number of carbonyl (C=O) groups excluding carboxylic acids is 1. The fourth-order valence-corrected chi connectivity index (χ4v) is 3.04. The van der Waals surface area contributed by atoms with Gasteiger partial charge in [0.1, 0.15) is 6.54 Å². The maximum absolute atomic E-state index is 12.1. The molecule has 7 heteroatoms. The Hall–Kier alpha value is -2.05. The lowest BCUT2D eigenvalue weighted by Gasteiger charge is -2.15. The smallest absolute Gasteiger partial charge is 0.244 e. The number of rotatable bonds is 6. The second-order valence-electron chi connectivity index (χ2n) is 6.23. The van der Waals surface area contributed by atoms with Crippen LogP contribution in [0.3, 0.4) is 0 Å². The summed E-state index contributed by atoms with van der Waals surface area (Å²) in [6, 6.07) is 0. The molecule has 1 saturated heterocycles. The summed E-state index contributed by atoms with van der Waals surface area (Å²) >= 11 is 0. The van der Waals surface area contributed by atoms with E-state index in [-0.39, 0.29) is 12.5 Å². The van der Waals surface area contributed by atoms with Crippen LogP contribution < -0.4 is 10.6 Å². The molecule has 0 bridgehead atoms. The summed E-state index contributed by atoms with van der Waals surface area (Å²) < 4.78 is 1.92. The minimum absolute atomic E-state index is 0.114. The van der Waals surface area contributed by atoms with Crippen LogP contribution in [-0.4, -0.2) is 59.3 Å². The number of likely N-dealkylation sites (tertiary alicyclic amines) is 1. The molecule has 0 aliphatic carbocycles. The van der Waals surface area contributed by atoms with Gasteiger partial charge in [-0.25, -0.2) is 4.99 Å².